The van der Waals surface area contributed by atoms with Crippen molar-refractivity contribution >= 4 is 163 Å². The molecular weight excluding hydrogens is 1440 g/mol. The van der Waals surface area contributed by atoms with Gasteiger partial charge in [0.1, 0.15) is 40.7 Å². The number of carbonyl (C=O) groups is 9. The highest BCUT2D eigenvalue weighted by Crippen LogP contribution is 2.39. The molecule has 6 aliphatic rings. The predicted octanol–water partition coefficient (Wildman–Crippen LogP) is 12.4. The summed E-state index contributed by atoms with van der Waals surface area (Å²) in [6, 6.07) is 21.5. The van der Waals surface area contributed by atoms with Crippen molar-refractivity contribution in [2.24, 2.45) is 0 Å². The molecule has 460 valence electrons. The largest absolute Gasteiger partial charge is 0.398 e. The van der Waals surface area contributed by atoms with Crippen LogP contribution in [0, 0.1) is 40.7 Å². The normalized spacial score (nSPS) is 14.0. The van der Waals surface area contributed by atoms with E-state index >= 15 is 0 Å². The number of hydrogen-bond acceptors (Lipinski definition) is 10. The van der Waals surface area contributed by atoms with Crippen molar-refractivity contribution < 1.29 is 73.9 Å². The number of halogens is 11. The number of Topliss-reactive ketones (excluding diaryl/α,β-unsaturated/α-hetero) is 1. The van der Waals surface area contributed by atoms with E-state index in [9.17, 15) is 73.9 Å². The number of rotatable bonds is 3. The minimum atomic E-state index is -0.721. The van der Waals surface area contributed by atoms with Gasteiger partial charge < -0.3 is 36.0 Å². The number of nitrogens with two attached hydrogens (primary N) is 1. The van der Waals surface area contributed by atoms with Crippen molar-refractivity contribution in [3.05, 3.63) is 206 Å². The number of likely N-dealkylation sites (N-methyl/N-ethyl adjacent to an activating group) is 4. The first kappa shape index (κ1) is 67.8. The number of carbonyl (C=O) groups excluding carboxylic acids is 9. The highest BCUT2D eigenvalue weighted by atomic mass is 79.9. The molecule has 0 aliphatic carbocycles. The SMILES string of the molecule is C=Cc1c(F)ccc2c1N(C)C(=O)C2.CN1C(=O)Cc2ccc(F)c(Br)c21.CN1C(=O)Cc2ccc(F)c(C=O)c21.CN1C(=O)Cc2ccc(F)c(C=O)c21.Nc1cccc(F)c1Br.O=C1Cc2ccc(F)c(Br)c2N1.O=C1Nc2c(ccc(F)c2Br)C1=O. The summed E-state index contributed by atoms with van der Waals surface area (Å²) in [6.45, 7) is 3.55. The lowest BCUT2D eigenvalue weighted by molar-refractivity contribution is -0.117. The summed E-state index contributed by atoms with van der Waals surface area (Å²) in [5, 5.41) is 4.86. The molecule has 0 aromatic heterocycles. The second kappa shape index (κ2) is 28.7. The average molecular weight is 1490 g/mol. The number of anilines is 7. The maximum Gasteiger partial charge on any atom is 0.296 e. The van der Waals surface area contributed by atoms with Crippen LogP contribution < -0.4 is 36.0 Å². The maximum absolute atomic E-state index is 13.3. The Morgan fingerprint density at radius 2 is 0.787 bits per heavy atom. The van der Waals surface area contributed by atoms with Gasteiger partial charge in [0.15, 0.2) is 12.6 Å². The Morgan fingerprint density at radius 3 is 1.21 bits per heavy atom. The van der Waals surface area contributed by atoms with E-state index < -0.39 is 29.1 Å². The standard InChI is InChI=1S/C11H10FNO.2C10H8FNO2.C9H7BrFNO.C8H3BrFNO2.C8H5BrFNO.C6H5BrFN/c1-3-8-9(12)5-4-7-6-10(14)13(2)11(7)8;2*1-12-9(14)4-6-2-3-8(11)7(5-13)10(6)12;1-12-7(13)4-5-2-3-6(11)8(10)9(5)12;9-5-4(10)2-1-3-6(5)11-8(13)7(3)12;9-7-5(10)2-1-4-3-6(12)11-8(4)7;7-6-4(8)2-1-3-5(6)9/h3-5H,1,6H2,2H3;2*2-3,5H,4H2,1H3;2-3H,4H2,1H3;1-2H,(H,11,12,13);1-2H,3H2,(H,11,12);1-3H,9H2. The van der Waals surface area contributed by atoms with Crippen LogP contribution in [0.5, 0.6) is 0 Å². The molecule has 7 aromatic rings. The van der Waals surface area contributed by atoms with E-state index in [-0.39, 0.29) is 92.5 Å². The lowest BCUT2D eigenvalue weighted by Crippen LogP contribution is -2.21. The zero-order valence-electron chi connectivity index (χ0n) is 46.8. The molecule has 0 saturated carbocycles. The number of nitrogens with one attached hydrogen (secondary N) is 2. The molecule has 7 aromatic carbocycles. The van der Waals surface area contributed by atoms with Crippen molar-refractivity contribution in [1.82, 2.24) is 0 Å². The van der Waals surface area contributed by atoms with Crippen molar-refractivity contribution in [2.45, 2.75) is 32.1 Å². The number of fused-ring (bicyclic) bond motifs is 6. The predicted molar refractivity (Wildman–Crippen MR) is 335 cm³/mol. The summed E-state index contributed by atoms with van der Waals surface area (Å²) in [4.78, 5) is 105. The van der Waals surface area contributed by atoms with Gasteiger partial charge >= 0.3 is 0 Å². The van der Waals surface area contributed by atoms with Crippen LogP contribution in [0.4, 0.5) is 70.5 Å². The zero-order valence-corrected chi connectivity index (χ0v) is 53.2. The molecule has 0 unspecified atom stereocenters. The molecule has 27 heteroatoms. The van der Waals surface area contributed by atoms with Crippen LogP contribution in [0.15, 0.2) is 115 Å². The van der Waals surface area contributed by atoms with Gasteiger partial charge in [0, 0.05) is 39.4 Å². The first-order chi connectivity index (χ1) is 42.1. The van der Waals surface area contributed by atoms with Gasteiger partial charge in [-0.3, -0.25) is 43.2 Å². The minimum Gasteiger partial charge on any atom is -0.398 e. The fourth-order valence-corrected chi connectivity index (χ4v) is 11.4. The van der Waals surface area contributed by atoms with E-state index in [2.05, 4.69) is 80.9 Å². The van der Waals surface area contributed by atoms with Crippen molar-refractivity contribution in [3.63, 3.8) is 0 Å². The second-order valence-electron chi connectivity index (χ2n) is 19.6. The van der Waals surface area contributed by atoms with Crippen LogP contribution in [0.3, 0.4) is 0 Å². The first-order valence-electron chi connectivity index (χ1n) is 25.9. The molecule has 13 rings (SSSR count). The highest BCUT2D eigenvalue weighted by molar-refractivity contribution is 9.11. The number of benzene rings is 7. The molecule has 0 radical (unpaired) electrons. The Labute approximate surface area is 536 Å². The first-order valence-corrected chi connectivity index (χ1v) is 29.0. The summed E-state index contributed by atoms with van der Waals surface area (Å²) in [5.74, 6) is -4.69. The second-order valence-corrected chi connectivity index (χ2v) is 22.7. The van der Waals surface area contributed by atoms with Gasteiger partial charge in [-0.25, -0.2) is 30.7 Å². The molecule has 6 heterocycles. The number of nitrogen functional groups attached to an aromatic ring is 1. The van der Waals surface area contributed by atoms with Gasteiger partial charge in [0.05, 0.1) is 101 Å². The number of hydrogen-bond donors (Lipinski definition) is 3. The van der Waals surface area contributed by atoms with E-state index in [1.54, 1.807) is 70.7 Å². The smallest absolute Gasteiger partial charge is 0.296 e. The van der Waals surface area contributed by atoms with Gasteiger partial charge in [-0.2, -0.15) is 0 Å². The molecule has 16 nitrogen and oxygen atoms in total. The fourth-order valence-electron chi connectivity index (χ4n) is 9.54. The minimum absolute atomic E-state index is 0.00120. The molecule has 4 N–H and O–H groups in total. The molecule has 0 saturated heterocycles. The van der Waals surface area contributed by atoms with Crippen LogP contribution >= 0.6 is 63.7 Å². The summed E-state index contributed by atoms with van der Waals surface area (Å²) >= 11 is 12.1. The third-order valence-corrected chi connectivity index (χ3v) is 17.2. The average Bonchev–Trinajstić information content (AvgIpc) is 2.38. The highest BCUT2D eigenvalue weighted by Gasteiger charge is 2.33. The van der Waals surface area contributed by atoms with E-state index in [0.717, 1.165) is 22.8 Å². The summed E-state index contributed by atoms with van der Waals surface area (Å²) in [5.41, 5.74) is 13.2. The summed E-state index contributed by atoms with van der Waals surface area (Å²) in [7, 11) is 6.39. The van der Waals surface area contributed by atoms with Crippen LogP contribution in [-0.2, 0) is 60.9 Å². The third kappa shape index (κ3) is 14.4. The molecule has 0 bridgehead atoms. The van der Waals surface area contributed by atoms with Gasteiger partial charge in [-0.1, -0.05) is 49.1 Å². The Morgan fingerprint density at radius 1 is 0.427 bits per heavy atom. The molecule has 0 atom stereocenters. The molecule has 6 amide bonds. The fraction of sp³-hybridized carbons (Fsp3) is 0.145. The van der Waals surface area contributed by atoms with Crippen molar-refractivity contribution in [3.8, 4) is 0 Å². The Balaban J connectivity index is 0.000000148. The third-order valence-electron chi connectivity index (χ3n) is 14.1. The Kier molecular flexibility index (Phi) is 21.8. The zero-order chi connectivity index (χ0) is 65.6. The monoisotopic (exact) mass is 1480 g/mol. The molecule has 0 fully saturated rings. The van der Waals surface area contributed by atoms with E-state index in [1.165, 1.54) is 68.1 Å². The van der Waals surface area contributed by atoms with E-state index in [1.807, 2.05) is 0 Å². The van der Waals surface area contributed by atoms with Crippen LogP contribution in [-0.4, -0.2) is 82.0 Å². The van der Waals surface area contributed by atoms with Crippen LogP contribution in [0.25, 0.3) is 6.08 Å². The molecule has 6 aliphatic heterocycles. The Hall–Kier alpha value is -8.66. The lowest BCUT2D eigenvalue weighted by atomic mass is 10.1. The number of nitrogens with zero attached hydrogens (tertiary/aromatic N) is 4. The van der Waals surface area contributed by atoms with E-state index in [4.69, 9.17) is 5.73 Å². The number of aldehydes is 2. The van der Waals surface area contributed by atoms with Gasteiger partial charge in [0.25, 0.3) is 11.7 Å². The molecule has 0 spiro atoms. The van der Waals surface area contributed by atoms with E-state index in [0.29, 0.717) is 96.1 Å². The van der Waals surface area contributed by atoms with Gasteiger partial charge in [0.2, 0.25) is 29.5 Å². The van der Waals surface area contributed by atoms with Gasteiger partial charge in [-0.05, 0) is 146 Å². The topological polar surface area (TPSA) is 217 Å². The summed E-state index contributed by atoms with van der Waals surface area (Å²) in [6.07, 6.45) is 3.89. The number of ketones is 1. The molecule has 89 heavy (non-hydrogen) atoms. The lowest BCUT2D eigenvalue weighted by Gasteiger charge is -2.13. The summed E-state index contributed by atoms with van der Waals surface area (Å²) < 4.78 is 92.2. The molecular formula is C62H46Br4F7N7O9. The Bertz CT molecular complexity index is 3940. The maximum atomic E-state index is 13.3. The van der Waals surface area contributed by atoms with Crippen LogP contribution in [0.2, 0.25) is 0 Å². The van der Waals surface area contributed by atoms with Crippen LogP contribution in [0.1, 0.15) is 64.5 Å². The number of amides is 6. The van der Waals surface area contributed by atoms with Gasteiger partial charge in [-0.15, -0.1) is 0 Å². The van der Waals surface area contributed by atoms with Crippen molar-refractivity contribution in [2.75, 3.05) is 64.2 Å². The van der Waals surface area contributed by atoms with Crippen molar-refractivity contribution in [1.29, 1.82) is 0 Å². The quantitative estimate of drug-likeness (QED) is 0.0658.